The van der Waals surface area contributed by atoms with E-state index in [0.717, 1.165) is 0 Å². The van der Waals surface area contributed by atoms with Crippen LogP contribution in [-0.4, -0.2) is 23.0 Å². The maximum Gasteiger partial charge on any atom is 0.573 e. The zero-order chi connectivity index (χ0) is 14.8. The summed E-state index contributed by atoms with van der Waals surface area (Å²) in [5.74, 6) is 0.369. The molecule has 0 fully saturated rings. The largest absolute Gasteiger partial charge is 0.573 e. The van der Waals surface area contributed by atoms with Crippen LogP contribution < -0.4 is 10.1 Å². The molecule has 0 aliphatic carbocycles. The molecule has 0 aliphatic rings. The van der Waals surface area contributed by atoms with Gasteiger partial charge < -0.3 is 14.6 Å². The third-order valence-corrected chi connectivity index (χ3v) is 2.86. The van der Waals surface area contributed by atoms with Gasteiger partial charge in [0.2, 0.25) is 0 Å². The van der Waals surface area contributed by atoms with Crippen molar-refractivity contribution in [3.05, 3.63) is 48.0 Å². The molecule has 108 valence electrons. The number of imidazole rings is 1. The highest BCUT2D eigenvalue weighted by Gasteiger charge is 2.33. The van der Waals surface area contributed by atoms with E-state index in [2.05, 4.69) is 15.0 Å². The number of benzene rings is 1. The summed E-state index contributed by atoms with van der Waals surface area (Å²) in [6, 6.07) is 5.53. The van der Waals surface area contributed by atoms with E-state index < -0.39 is 12.4 Å². The highest BCUT2D eigenvalue weighted by Crippen LogP contribution is 2.32. The fourth-order valence-electron chi connectivity index (χ4n) is 2.02. The number of aromatic nitrogens is 2. The van der Waals surface area contributed by atoms with E-state index in [1.165, 1.54) is 12.1 Å². The molecule has 4 nitrogen and oxygen atoms in total. The number of nitrogens with zero attached hydrogens (tertiary/aromatic N) is 2. The molecule has 0 amide bonds. The predicted molar refractivity (Wildman–Crippen MR) is 67.2 cm³/mol. The molecule has 0 spiro atoms. The lowest BCUT2D eigenvalue weighted by Gasteiger charge is -2.20. The number of para-hydroxylation sites is 1. The van der Waals surface area contributed by atoms with Gasteiger partial charge in [0.05, 0.1) is 6.04 Å². The Bertz CT molecular complexity index is 580. The molecule has 0 saturated heterocycles. The van der Waals surface area contributed by atoms with Crippen molar-refractivity contribution in [1.82, 2.24) is 14.9 Å². The first-order chi connectivity index (χ1) is 9.42. The van der Waals surface area contributed by atoms with Crippen LogP contribution >= 0.6 is 0 Å². The maximum atomic E-state index is 12.4. The van der Waals surface area contributed by atoms with E-state index in [9.17, 15) is 13.2 Å². The molecule has 0 radical (unpaired) electrons. The van der Waals surface area contributed by atoms with Gasteiger partial charge in [-0.3, -0.25) is 0 Å². The summed E-state index contributed by atoms with van der Waals surface area (Å²) < 4.78 is 43.2. The van der Waals surface area contributed by atoms with Gasteiger partial charge in [-0.05, 0) is 13.1 Å². The van der Waals surface area contributed by atoms with Crippen molar-refractivity contribution in [3.63, 3.8) is 0 Å². The molecule has 20 heavy (non-hydrogen) atoms. The van der Waals surface area contributed by atoms with Crippen LogP contribution in [0.1, 0.15) is 17.4 Å². The molecule has 7 heteroatoms. The minimum Gasteiger partial charge on any atom is -0.405 e. The number of hydrogen-bond donors (Lipinski definition) is 1. The Morgan fingerprint density at radius 1 is 1.30 bits per heavy atom. The quantitative estimate of drug-likeness (QED) is 0.938. The van der Waals surface area contributed by atoms with E-state index in [4.69, 9.17) is 0 Å². The SMILES string of the molecule is CNC(c1ccccc1OC(F)(F)F)c1nccn1C. The normalized spacial score (nSPS) is 13.2. The summed E-state index contributed by atoms with van der Waals surface area (Å²) in [5, 5.41) is 2.96. The highest BCUT2D eigenvalue weighted by molar-refractivity contribution is 5.39. The zero-order valence-corrected chi connectivity index (χ0v) is 11.0. The van der Waals surface area contributed by atoms with Crippen molar-refractivity contribution in [2.45, 2.75) is 12.4 Å². The molecule has 1 atom stereocenters. The average Bonchev–Trinajstić information content (AvgIpc) is 2.77. The number of hydrogen-bond acceptors (Lipinski definition) is 3. The Hall–Kier alpha value is -2.02. The first-order valence-corrected chi connectivity index (χ1v) is 5.91. The van der Waals surface area contributed by atoms with Crippen LogP contribution in [0.4, 0.5) is 13.2 Å². The summed E-state index contributed by atoms with van der Waals surface area (Å²) in [7, 11) is 3.43. The Kier molecular flexibility index (Phi) is 3.99. The van der Waals surface area contributed by atoms with Gasteiger partial charge in [0.1, 0.15) is 11.6 Å². The van der Waals surface area contributed by atoms with E-state index >= 15 is 0 Å². The maximum absolute atomic E-state index is 12.4. The van der Waals surface area contributed by atoms with Crippen LogP contribution in [0.5, 0.6) is 5.75 Å². The molecule has 2 aromatic rings. The summed E-state index contributed by atoms with van der Waals surface area (Å²) >= 11 is 0. The average molecular weight is 285 g/mol. The first kappa shape index (κ1) is 14.4. The van der Waals surface area contributed by atoms with E-state index in [-0.39, 0.29) is 5.75 Å². The van der Waals surface area contributed by atoms with Gasteiger partial charge in [0.25, 0.3) is 0 Å². The minimum atomic E-state index is -4.73. The fraction of sp³-hybridized carbons (Fsp3) is 0.308. The molecule has 0 aliphatic heterocycles. The minimum absolute atomic E-state index is 0.234. The van der Waals surface area contributed by atoms with Gasteiger partial charge in [-0.2, -0.15) is 0 Å². The number of alkyl halides is 3. The van der Waals surface area contributed by atoms with Crippen molar-refractivity contribution in [1.29, 1.82) is 0 Å². The molecule has 1 unspecified atom stereocenters. The Morgan fingerprint density at radius 3 is 2.55 bits per heavy atom. The third kappa shape index (κ3) is 3.11. The van der Waals surface area contributed by atoms with Gasteiger partial charge in [-0.25, -0.2) is 4.98 Å². The predicted octanol–water partition coefficient (Wildman–Crippen LogP) is 2.63. The van der Waals surface area contributed by atoms with Gasteiger partial charge in [0, 0.05) is 25.0 Å². The molecule has 2 rings (SSSR count). The topological polar surface area (TPSA) is 39.1 Å². The second-order valence-corrected chi connectivity index (χ2v) is 4.20. The third-order valence-electron chi connectivity index (χ3n) is 2.86. The molecule has 1 heterocycles. The lowest BCUT2D eigenvalue weighted by Crippen LogP contribution is -2.24. The van der Waals surface area contributed by atoms with E-state index in [0.29, 0.717) is 11.4 Å². The monoisotopic (exact) mass is 285 g/mol. The Morgan fingerprint density at radius 2 is 2.00 bits per heavy atom. The highest BCUT2D eigenvalue weighted by atomic mass is 19.4. The summed E-state index contributed by atoms with van der Waals surface area (Å²) in [4.78, 5) is 4.16. The van der Waals surface area contributed by atoms with Crippen LogP contribution in [0.25, 0.3) is 0 Å². The van der Waals surface area contributed by atoms with Crippen molar-refractivity contribution >= 4 is 0 Å². The number of nitrogens with one attached hydrogen (secondary N) is 1. The molecule has 0 saturated carbocycles. The van der Waals surface area contributed by atoms with Crippen LogP contribution in [-0.2, 0) is 7.05 Å². The standard InChI is InChI=1S/C13H14F3N3O/c1-17-11(12-18-7-8-19(12)2)9-5-3-4-6-10(9)20-13(14,15)16/h3-8,11,17H,1-2H3. The number of rotatable bonds is 4. The van der Waals surface area contributed by atoms with Gasteiger partial charge in [-0.1, -0.05) is 18.2 Å². The van der Waals surface area contributed by atoms with Crippen molar-refractivity contribution in [3.8, 4) is 5.75 Å². The van der Waals surface area contributed by atoms with Crippen LogP contribution in [0.2, 0.25) is 0 Å². The number of aryl methyl sites for hydroxylation is 1. The van der Waals surface area contributed by atoms with Gasteiger partial charge in [0.15, 0.2) is 0 Å². The van der Waals surface area contributed by atoms with E-state index in [1.807, 2.05) is 0 Å². The number of ether oxygens (including phenoxy) is 1. The first-order valence-electron chi connectivity index (χ1n) is 5.91. The lowest BCUT2D eigenvalue weighted by atomic mass is 10.1. The second kappa shape index (κ2) is 5.54. The number of halogens is 3. The lowest BCUT2D eigenvalue weighted by molar-refractivity contribution is -0.275. The Labute approximate surface area is 114 Å². The molecular formula is C13H14F3N3O. The van der Waals surface area contributed by atoms with Crippen LogP contribution in [0.15, 0.2) is 36.7 Å². The molecule has 1 N–H and O–H groups in total. The Balaban J connectivity index is 2.43. The summed E-state index contributed by atoms with van der Waals surface area (Å²) in [6.45, 7) is 0. The van der Waals surface area contributed by atoms with Crippen LogP contribution in [0, 0.1) is 0 Å². The summed E-state index contributed by atoms with van der Waals surface area (Å²) in [6.07, 6.45) is -1.41. The van der Waals surface area contributed by atoms with Gasteiger partial charge in [-0.15, -0.1) is 13.2 Å². The van der Waals surface area contributed by atoms with Crippen LogP contribution in [0.3, 0.4) is 0 Å². The fourth-order valence-corrected chi connectivity index (χ4v) is 2.02. The van der Waals surface area contributed by atoms with E-state index in [1.54, 1.807) is 43.2 Å². The van der Waals surface area contributed by atoms with Crippen molar-refractivity contribution in [2.75, 3.05) is 7.05 Å². The van der Waals surface area contributed by atoms with Gasteiger partial charge >= 0.3 is 6.36 Å². The smallest absolute Gasteiger partial charge is 0.405 e. The second-order valence-electron chi connectivity index (χ2n) is 4.20. The molecule has 0 bridgehead atoms. The van der Waals surface area contributed by atoms with Crippen molar-refractivity contribution < 1.29 is 17.9 Å². The van der Waals surface area contributed by atoms with Crippen molar-refractivity contribution in [2.24, 2.45) is 7.05 Å². The molecule has 1 aromatic heterocycles. The molecular weight excluding hydrogens is 271 g/mol. The zero-order valence-electron chi connectivity index (χ0n) is 11.0. The molecule has 1 aromatic carbocycles. The summed E-state index contributed by atoms with van der Waals surface area (Å²) in [5.41, 5.74) is 0.377.